The Balaban J connectivity index is 2.01. The lowest BCUT2D eigenvalue weighted by atomic mass is 9.96. The first-order valence-electron chi connectivity index (χ1n) is 7.21. The number of aryl methyl sites for hydroxylation is 2. The van der Waals surface area contributed by atoms with E-state index in [9.17, 15) is 4.79 Å². The molecule has 1 aliphatic carbocycles. The van der Waals surface area contributed by atoms with Gasteiger partial charge in [0.2, 0.25) is 0 Å². The molecule has 4 rings (SSSR count). The van der Waals surface area contributed by atoms with Crippen LogP contribution >= 0.6 is 0 Å². The second-order valence-electron chi connectivity index (χ2n) is 5.47. The molecule has 0 bridgehead atoms. The summed E-state index contributed by atoms with van der Waals surface area (Å²) in [6.07, 6.45) is 4.23. The van der Waals surface area contributed by atoms with Gasteiger partial charge in [-0.1, -0.05) is 30.3 Å². The molecule has 104 valence electrons. The van der Waals surface area contributed by atoms with Gasteiger partial charge in [0, 0.05) is 18.2 Å². The highest BCUT2D eigenvalue weighted by molar-refractivity contribution is 5.98. The molecule has 0 N–H and O–H groups in total. The summed E-state index contributed by atoms with van der Waals surface area (Å²) in [5.41, 5.74) is 5.58. The maximum atomic E-state index is 12.0. The molecule has 3 aromatic rings. The standard InChI is InChI=1S/C17H15N3O/c1-11-16(12-6-3-2-4-7-12)17-18-14-8-5-9-15(21)13(14)10-20(17)19-11/h2-4,6-7,10H,5,8-9H2,1H3. The van der Waals surface area contributed by atoms with Crippen LogP contribution in [-0.4, -0.2) is 20.4 Å². The normalized spacial score (nSPS) is 14.4. The number of ketones is 1. The maximum absolute atomic E-state index is 12.0. The van der Waals surface area contributed by atoms with Gasteiger partial charge in [-0.3, -0.25) is 4.79 Å². The first-order valence-corrected chi connectivity index (χ1v) is 7.21. The fourth-order valence-corrected chi connectivity index (χ4v) is 3.03. The zero-order valence-electron chi connectivity index (χ0n) is 11.8. The number of Topliss-reactive ketones (excluding diaryl/α,β-unsaturated/α-hetero) is 1. The Morgan fingerprint density at radius 2 is 1.95 bits per heavy atom. The molecule has 0 aliphatic heterocycles. The first-order chi connectivity index (χ1) is 10.2. The van der Waals surface area contributed by atoms with Crippen LogP contribution in [0, 0.1) is 6.92 Å². The van der Waals surface area contributed by atoms with Gasteiger partial charge in [0.25, 0.3) is 0 Å². The highest BCUT2D eigenvalue weighted by Crippen LogP contribution is 2.29. The Hall–Kier alpha value is -2.49. The van der Waals surface area contributed by atoms with Gasteiger partial charge in [0.1, 0.15) is 0 Å². The summed E-state index contributed by atoms with van der Waals surface area (Å²) in [4.78, 5) is 16.8. The average molecular weight is 277 g/mol. The van der Waals surface area contributed by atoms with Crippen molar-refractivity contribution in [2.75, 3.05) is 0 Å². The molecule has 0 spiro atoms. The van der Waals surface area contributed by atoms with E-state index in [0.29, 0.717) is 6.42 Å². The number of fused-ring (bicyclic) bond motifs is 2. The number of hydrogen-bond donors (Lipinski definition) is 0. The van der Waals surface area contributed by atoms with Crippen LogP contribution in [0.5, 0.6) is 0 Å². The molecule has 1 aliphatic rings. The molecule has 0 saturated carbocycles. The van der Waals surface area contributed by atoms with Crippen molar-refractivity contribution in [1.29, 1.82) is 0 Å². The summed E-state index contributed by atoms with van der Waals surface area (Å²) in [7, 11) is 0. The van der Waals surface area contributed by atoms with Gasteiger partial charge in [0.05, 0.1) is 17.0 Å². The van der Waals surface area contributed by atoms with Crippen molar-refractivity contribution < 1.29 is 4.79 Å². The van der Waals surface area contributed by atoms with E-state index < -0.39 is 0 Å². The van der Waals surface area contributed by atoms with E-state index >= 15 is 0 Å². The van der Waals surface area contributed by atoms with Gasteiger partial charge in [-0.25, -0.2) is 9.50 Å². The molecular weight excluding hydrogens is 262 g/mol. The number of aromatic nitrogens is 3. The van der Waals surface area contributed by atoms with Crippen molar-refractivity contribution in [2.45, 2.75) is 26.2 Å². The highest BCUT2D eigenvalue weighted by Gasteiger charge is 2.22. The molecule has 1 aromatic carbocycles. The topological polar surface area (TPSA) is 47.3 Å². The smallest absolute Gasteiger partial charge is 0.166 e. The van der Waals surface area contributed by atoms with Crippen LogP contribution < -0.4 is 0 Å². The van der Waals surface area contributed by atoms with E-state index in [2.05, 4.69) is 17.2 Å². The van der Waals surface area contributed by atoms with E-state index in [0.717, 1.165) is 46.6 Å². The molecule has 21 heavy (non-hydrogen) atoms. The predicted octanol–water partition coefficient (Wildman–Crippen LogP) is 3.22. The Labute approximate surface area is 122 Å². The van der Waals surface area contributed by atoms with E-state index in [4.69, 9.17) is 4.98 Å². The minimum absolute atomic E-state index is 0.181. The lowest BCUT2D eigenvalue weighted by molar-refractivity contribution is 0.0971. The Kier molecular flexibility index (Phi) is 2.64. The Morgan fingerprint density at radius 1 is 1.14 bits per heavy atom. The van der Waals surface area contributed by atoms with Crippen LogP contribution in [0.1, 0.15) is 34.6 Å². The minimum Gasteiger partial charge on any atom is -0.294 e. The molecule has 2 heterocycles. The minimum atomic E-state index is 0.181. The van der Waals surface area contributed by atoms with Crippen molar-refractivity contribution >= 4 is 11.4 Å². The monoisotopic (exact) mass is 277 g/mol. The molecule has 0 saturated heterocycles. The van der Waals surface area contributed by atoms with Crippen LogP contribution in [0.2, 0.25) is 0 Å². The summed E-state index contributed by atoms with van der Waals surface area (Å²) in [5, 5.41) is 4.53. The van der Waals surface area contributed by atoms with Gasteiger partial charge < -0.3 is 0 Å². The number of carbonyl (C=O) groups excluding carboxylic acids is 1. The van der Waals surface area contributed by atoms with E-state index in [1.54, 1.807) is 4.52 Å². The van der Waals surface area contributed by atoms with Gasteiger partial charge in [0.15, 0.2) is 11.4 Å². The summed E-state index contributed by atoms with van der Waals surface area (Å²) >= 11 is 0. The largest absolute Gasteiger partial charge is 0.294 e. The quantitative estimate of drug-likeness (QED) is 0.686. The predicted molar refractivity (Wildman–Crippen MR) is 80.4 cm³/mol. The third-order valence-electron chi connectivity index (χ3n) is 4.04. The van der Waals surface area contributed by atoms with Crippen LogP contribution in [0.3, 0.4) is 0 Å². The molecule has 0 unspecified atom stereocenters. The van der Waals surface area contributed by atoms with E-state index in [1.807, 2.05) is 31.3 Å². The zero-order chi connectivity index (χ0) is 14.4. The maximum Gasteiger partial charge on any atom is 0.166 e. The van der Waals surface area contributed by atoms with Crippen molar-refractivity contribution in [3.8, 4) is 11.1 Å². The van der Waals surface area contributed by atoms with Crippen LogP contribution in [0.4, 0.5) is 0 Å². The lowest BCUT2D eigenvalue weighted by Gasteiger charge is -2.13. The van der Waals surface area contributed by atoms with Crippen molar-refractivity contribution in [1.82, 2.24) is 14.6 Å². The van der Waals surface area contributed by atoms with E-state index in [1.165, 1.54) is 0 Å². The summed E-state index contributed by atoms with van der Waals surface area (Å²) in [5.74, 6) is 0.181. The second kappa shape index (κ2) is 4.52. The van der Waals surface area contributed by atoms with Crippen molar-refractivity contribution in [2.24, 2.45) is 0 Å². The molecule has 2 aromatic heterocycles. The molecule has 0 amide bonds. The fraction of sp³-hybridized carbons (Fsp3) is 0.235. The number of hydrogen-bond acceptors (Lipinski definition) is 3. The number of benzene rings is 1. The van der Waals surface area contributed by atoms with Crippen LogP contribution in [-0.2, 0) is 6.42 Å². The molecule has 4 heteroatoms. The number of nitrogens with zero attached hydrogens (tertiary/aromatic N) is 3. The molecule has 4 nitrogen and oxygen atoms in total. The number of rotatable bonds is 1. The Morgan fingerprint density at radius 3 is 2.76 bits per heavy atom. The van der Waals surface area contributed by atoms with Gasteiger partial charge >= 0.3 is 0 Å². The van der Waals surface area contributed by atoms with Gasteiger partial charge in [-0.2, -0.15) is 5.10 Å². The van der Waals surface area contributed by atoms with E-state index in [-0.39, 0.29) is 5.78 Å². The SMILES string of the molecule is Cc1nn2cc3c(nc2c1-c1ccccc1)CCCC3=O. The third kappa shape index (κ3) is 1.87. The molecule has 0 atom stereocenters. The Bertz CT molecular complexity index is 849. The molecular formula is C17H15N3O. The fourth-order valence-electron chi connectivity index (χ4n) is 3.03. The molecule has 0 radical (unpaired) electrons. The van der Waals surface area contributed by atoms with Crippen LogP contribution in [0.25, 0.3) is 16.8 Å². The van der Waals surface area contributed by atoms with Gasteiger partial charge in [-0.05, 0) is 25.3 Å². The highest BCUT2D eigenvalue weighted by atomic mass is 16.1. The first kappa shape index (κ1) is 12.3. The summed E-state index contributed by atoms with van der Waals surface area (Å²) in [6, 6.07) is 10.2. The third-order valence-corrected chi connectivity index (χ3v) is 4.04. The summed E-state index contributed by atoms with van der Waals surface area (Å²) in [6.45, 7) is 1.98. The van der Waals surface area contributed by atoms with Crippen molar-refractivity contribution in [3.63, 3.8) is 0 Å². The average Bonchev–Trinajstić information content (AvgIpc) is 2.82. The zero-order valence-corrected chi connectivity index (χ0v) is 11.8. The van der Waals surface area contributed by atoms with Gasteiger partial charge in [-0.15, -0.1) is 0 Å². The second-order valence-corrected chi connectivity index (χ2v) is 5.47. The molecule has 0 fully saturated rings. The number of carbonyl (C=O) groups is 1. The lowest BCUT2D eigenvalue weighted by Crippen LogP contribution is -2.14. The summed E-state index contributed by atoms with van der Waals surface area (Å²) < 4.78 is 1.75. The van der Waals surface area contributed by atoms with Crippen LogP contribution in [0.15, 0.2) is 36.5 Å². The van der Waals surface area contributed by atoms with Crippen molar-refractivity contribution in [3.05, 3.63) is 53.5 Å².